The molecule has 0 saturated heterocycles. The number of hydrogen-bond acceptors (Lipinski definition) is 6. The van der Waals surface area contributed by atoms with Crippen LogP contribution in [0.25, 0.3) is 28.3 Å². The van der Waals surface area contributed by atoms with E-state index in [1.807, 2.05) is 76.2 Å². The highest BCUT2D eigenvalue weighted by molar-refractivity contribution is 6.42. The minimum atomic E-state index is -1.01. The third-order valence-corrected chi connectivity index (χ3v) is 11.1. The van der Waals surface area contributed by atoms with Crippen LogP contribution in [0.5, 0.6) is 0 Å². The first-order valence-electron chi connectivity index (χ1n) is 18.9. The van der Waals surface area contributed by atoms with Crippen molar-refractivity contribution in [3.8, 4) is 22.5 Å². The Bertz CT molecular complexity index is 2620. The highest BCUT2D eigenvalue weighted by atomic mass is 35.5. The molecule has 6 aromatic rings. The predicted octanol–water partition coefficient (Wildman–Crippen LogP) is 12.5. The summed E-state index contributed by atoms with van der Waals surface area (Å²) in [5.74, 6) is -0.398. The van der Waals surface area contributed by atoms with Gasteiger partial charge in [0.15, 0.2) is 0 Å². The smallest absolute Gasteiger partial charge is 0.335 e. The maximum atomic E-state index is 13.0. The van der Waals surface area contributed by atoms with E-state index in [9.17, 15) is 24.6 Å². The van der Waals surface area contributed by atoms with Crippen LogP contribution in [0.2, 0.25) is 15.1 Å². The van der Waals surface area contributed by atoms with Crippen LogP contribution >= 0.6 is 34.8 Å². The quantitative estimate of drug-likeness (QED) is 0.100. The average Bonchev–Trinajstić information content (AvgIpc) is 3.23. The number of carbonyl (C=O) groups excluding carboxylic acids is 2. The van der Waals surface area contributed by atoms with Gasteiger partial charge < -0.3 is 20.8 Å². The molecule has 2 heterocycles. The molecule has 0 aliphatic carbocycles. The number of aromatic carboxylic acids is 1. The van der Waals surface area contributed by atoms with E-state index in [4.69, 9.17) is 34.8 Å². The third-order valence-electron chi connectivity index (χ3n) is 10.1. The topological polar surface area (TPSA) is 142 Å². The van der Waals surface area contributed by atoms with Crippen molar-refractivity contribution in [3.63, 3.8) is 0 Å². The summed E-state index contributed by atoms with van der Waals surface area (Å²) in [7, 11) is 0. The molecular formula is C48H45Cl3N4O5. The lowest BCUT2D eigenvalue weighted by Crippen LogP contribution is -2.35. The second-order valence-corrected chi connectivity index (χ2v) is 16.4. The van der Waals surface area contributed by atoms with E-state index in [-0.39, 0.29) is 23.1 Å². The largest absolute Gasteiger partial charge is 0.508 e. The standard InChI is InChI=1S/C25H25ClN2O2.C23H20Cl2N2O3/c1-5-21(29)17-8-6-9-18(14-17)23-16(2)12-13-22(27-23)28-24(30)25(3,4)19-10-7-11-20(26)15-19;1-13-7-10-19(26-20(13)14-5-4-6-15(11-14)21(28)29)27-22(30)23(2,3)16-8-9-17(24)18(25)12-16/h5-15,29H,1-4H3,(H,27,28,30);4-12H,1-3H3,(H,28,29)(H,26,27,30)/b21-5-;. The molecule has 0 spiro atoms. The number of amides is 2. The zero-order valence-electron chi connectivity index (χ0n) is 34.2. The second-order valence-electron chi connectivity index (χ2n) is 15.2. The number of nitrogens with one attached hydrogen (secondary N) is 2. The molecule has 0 saturated carbocycles. The van der Waals surface area contributed by atoms with Crippen LogP contribution < -0.4 is 10.6 Å². The number of aryl methyl sites for hydroxylation is 2. The lowest BCUT2D eigenvalue weighted by atomic mass is 9.83. The van der Waals surface area contributed by atoms with Crippen molar-refractivity contribution >= 4 is 70.0 Å². The van der Waals surface area contributed by atoms with Crippen molar-refractivity contribution in [1.29, 1.82) is 0 Å². The Morgan fingerprint density at radius 1 is 0.583 bits per heavy atom. The highest BCUT2D eigenvalue weighted by Crippen LogP contribution is 2.33. The fourth-order valence-corrected chi connectivity index (χ4v) is 6.63. The Labute approximate surface area is 365 Å². The number of pyridine rings is 2. The van der Waals surface area contributed by atoms with E-state index in [1.165, 1.54) is 6.07 Å². The zero-order valence-corrected chi connectivity index (χ0v) is 36.5. The van der Waals surface area contributed by atoms with Crippen LogP contribution in [-0.2, 0) is 20.4 Å². The van der Waals surface area contributed by atoms with Crippen molar-refractivity contribution in [2.45, 2.75) is 59.3 Å². The first-order valence-corrected chi connectivity index (χ1v) is 20.0. The molecule has 4 N–H and O–H groups in total. The Morgan fingerprint density at radius 2 is 1.07 bits per heavy atom. The van der Waals surface area contributed by atoms with Crippen LogP contribution in [0.4, 0.5) is 11.6 Å². The second kappa shape index (κ2) is 18.9. The summed E-state index contributed by atoms with van der Waals surface area (Å²) in [6.45, 7) is 12.9. The van der Waals surface area contributed by atoms with Gasteiger partial charge in [-0.3, -0.25) is 9.59 Å². The van der Waals surface area contributed by atoms with Gasteiger partial charge in [0, 0.05) is 21.7 Å². The number of rotatable bonds is 10. The molecule has 0 unspecified atom stereocenters. The van der Waals surface area contributed by atoms with E-state index >= 15 is 0 Å². The summed E-state index contributed by atoms with van der Waals surface area (Å²) >= 11 is 18.2. The number of aliphatic hydroxyl groups is 1. The van der Waals surface area contributed by atoms with Crippen LogP contribution in [-0.4, -0.2) is 38.0 Å². The summed E-state index contributed by atoms with van der Waals surface area (Å²) in [5.41, 5.74) is 5.47. The van der Waals surface area contributed by atoms with Crippen molar-refractivity contribution in [2.75, 3.05) is 10.6 Å². The van der Waals surface area contributed by atoms with Gasteiger partial charge in [0.1, 0.15) is 17.4 Å². The van der Waals surface area contributed by atoms with E-state index in [0.29, 0.717) is 43.5 Å². The molecule has 0 atom stereocenters. The van der Waals surface area contributed by atoms with Crippen molar-refractivity contribution in [2.24, 2.45) is 0 Å². The highest BCUT2D eigenvalue weighted by Gasteiger charge is 2.32. The number of carboxylic acids is 1. The molecule has 0 aliphatic rings. The molecule has 0 fully saturated rings. The van der Waals surface area contributed by atoms with Gasteiger partial charge in [-0.05, 0) is 131 Å². The number of carboxylic acid groups (broad SMARTS) is 1. The zero-order chi connectivity index (χ0) is 43.9. The Morgan fingerprint density at radius 3 is 1.55 bits per heavy atom. The molecule has 2 amide bonds. The fourth-order valence-electron chi connectivity index (χ4n) is 6.14. The number of aromatic nitrogens is 2. The fraction of sp³-hybridized carbons (Fsp3) is 0.188. The lowest BCUT2D eigenvalue weighted by Gasteiger charge is -2.24. The van der Waals surface area contributed by atoms with Crippen molar-refractivity contribution in [1.82, 2.24) is 9.97 Å². The number of hydrogen-bond donors (Lipinski definition) is 4. The number of halogens is 3. The van der Waals surface area contributed by atoms with Gasteiger partial charge in [0.05, 0.1) is 37.8 Å². The number of aliphatic hydroxyl groups excluding tert-OH is 1. The van der Waals surface area contributed by atoms with Crippen LogP contribution in [0, 0.1) is 13.8 Å². The number of benzene rings is 4. The summed E-state index contributed by atoms with van der Waals surface area (Å²) < 4.78 is 0. The molecule has 2 aromatic heterocycles. The minimum Gasteiger partial charge on any atom is -0.508 e. The van der Waals surface area contributed by atoms with Crippen molar-refractivity contribution in [3.05, 3.63) is 170 Å². The van der Waals surface area contributed by atoms with Crippen LogP contribution in [0.3, 0.4) is 0 Å². The van der Waals surface area contributed by atoms with E-state index in [1.54, 1.807) is 87.5 Å². The normalized spacial score (nSPS) is 11.6. The maximum Gasteiger partial charge on any atom is 0.335 e. The molecule has 9 nitrogen and oxygen atoms in total. The summed E-state index contributed by atoms with van der Waals surface area (Å²) in [5, 5.41) is 26.4. The van der Waals surface area contributed by atoms with Gasteiger partial charge in [-0.2, -0.15) is 0 Å². The SMILES string of the molecule is C/C=C(\O)c1cccc(-c2nc(NC(=O)C(C)(C)c3cccc(Cl)c3)ccc2C)c1.Cc1ccc(NC(=O)C(C)(C)c2ccc(Cl)c(Cl)c2)nc1-c1cccc(C(=O)O)c1. The van der Waals surface area contributed by atoms with E-state index in [2.05, 4.69) is 20.6 Å². The molecule has 6 rings (SSSR count). The molecule has 4 aromatic carbocycles. The Balaban J connectivity index is 0.000000228. The lowest BCUT2D eigenvalue weighted by molar-refractivity contribution is -0.121. The van der Waals surface area contributed by atoms with Gasteiger partial charge in [-0.1, -0.05) is 95.5 Å². The Hall–Kier alpha value is -6.00. The number of allylic oxidation sites excluding steroid dienone is 1. The monoisotopic (exact) mass is 862 g/mol. The number of nitrogens with zero attached hydrogens (tertiary/aromatic N) is 2. The van der Waals surface area contributed by atoms with Crippen LogP contribution in [0.15, 0.2) is 121 Å². The van der Waals surface area contributed by atoms with E-state index < -0.39 is 16.8 Å². The summed E-state index contributed by atoms with van der Waals surface area (Å²) in [6, 6.07) is 33.7. The summed E-state index contributed by atoms with van der Waals surface area (Å²) in [6.07, 6.45) is 1.65. The number of anilines is 2. The first kappa shape index (κ1) is 45.1. The molecule has 308 valence electrons. The van der Waals surface area contributed by atoms with Gasteiger partial charge in [0.2, 0.25) is 11.8 Å². The molecule has 0 radical (unpaired) electrons. The van der Waals surface area contributed by atoms with Crippen LogP contribution in [0.1, 0.15) is 72.8 Å². The molecular weight excluding hydrogens is 819 g/mol. The third kappa shape index (κ3) is 10.6. The molecule has 60 heavy (non-hydrogen) atoms. The van der Waals surface area contributed by atoms with Gasteiger partial charge >= 0.3 is 5.97 Å². The van der Waals surface area contributed by atoms with Gasteiger partial charge in [-0.25, -0.2) is 14.8 Å². The minimum absolute atomic E-state index is 0.170. The Kier molecular flexibility index (Phi) is 14.2. The first-order chi connectivity index (χ1) is 28.3. The van der Waals surface area contributed by atoms with E-state index in [0.717, 1.165) is 33.5 Å². The molecule has 12 heteroatoms. The number of carbonyl (C=O) groups is 3. The maximum absolute atomic E-state index is 13.0. The van der Waals surface area contributed by atoms with Crippen molar-refractivity contribution < 1.29 is 24.6 Å². The van der Waals surface area contributed by atoms with Gasteiger partial charge in [-0.15, -0.1) is 0 Å². The summed E-state index contributed by atoms with van der Waals surface area (Å²) in [4.78, 5) is 46.5. The molecule has 0 aliphatic heterocycles. The molecule has 0 bridgehead atoms. The average molecular weight is 864 g/mol. The predicted molar refractivity (Wildman–Crippen MR) is 243 cm³/mol. The van der Waals surface area contributed by atoms with Gasteiger partial charge in [0.25, 0.3) is 0 Å².